The first-order valence-electron chi connectivity index (χ1n) is 10.0. The van der Waals surface area contributed by atoms with E-state index in [0.717, 1.165) is 0 Å². The van der Waals surface area contributed by atoms with Gasteiger partial charge in [0, 0.05) is 42.1 Å². The third-order valence-corrected chi connectivity index (χ3v) is 6.56. The fourth-order valence-electron chi connectivity index (χ4n) is 3.22. The van der Waals surface area contributed by atoms with Crippen LogP contribution in [0.1, 0.15) is 23.7 Å². The van der Waals surface area contributed by atoms with E-state index in [1.807, 2.05) is 6.92 Å². The van der Waals surface area contributed by atoms with Gasteiger partial charge < -0.3 is 14.8 Å². The minimum atomic E-state index is -2.58. The van der Waals surface area contributed by atoms with Gasteiger partial charge in [-0.25, -0.2) is 15.0 Å². The van der Waals surface area contributed by atoms with Crippen molar-refractivity contribution in [2.75, 3.05) is 18.1 Å². The normalized spacial score (nSPS) is 18.0. The molecule has 11 heteroatoms. The van der Waals surface area contributed by atoms with E-state index in [1.54, 1.807) is 36.8 Å². The van der Waals surface area contributed by atoms with Gasteiger partial charge in [-0.1, -0.05) is 0 Å². The second-order valence-electron chi connectivity index (χ2n) is 7.18. The van der Waals surface area contributed by atoms with Crippen molar-refractivity contribution in [3.63, 3.8) is 0 Å². The molecule has 1 amide bonds. The van der Waals surface area contributed by atoms with Crippen LogP contribution in [0.2, 0.25) is 0 Å². The summed E-state index contributed by atoms with van der Waals surface area (Å²) >= 11 is 0. The molecule has 4 rings (SSSR count). The predicted molar refractivity (Wildman–Crippen MR) is 119 cm³/mol. The van der Waals surface area contributed by atoms with E-state index in [4.69, 9.17) is 9.47 Å². The van der Waals surface area contributed by atoms with Gasteiger partial charge >= 0.3 is 0 Å². The molecular formula is C21H23N5O5S. The SMILES string of the molecule is CCOc1cccnc1Oc1cncc(-c2ncc(C(=O)NC3CCS(O)(O)C3)cn2)c1. The van der Waals surface area contributed by atoms with Crippen LogP contribution >= 0.6 is 10.6 Å². The lowest BCUT2D eigenvalue weighted by atomic mass is 10.2. The van der Waals surface area contributed by atoms with Crippen LogP contribution in [0.3, 0.4) is 0 Å². The Balaban J connectivity index is 1.45. The lowest BCUT2D eigenvalue weighted by molar-refractivity contribution is 0.0940. The van der Waals surface area contributed by atoms with Crippen molar-refractivity contribution in [2.45, 2.75) is 19.4 Å². The molecule has 10 nitrogen and oxygen atoms in total. The highest BCUT2D eigenvalue weighted by Gasteiger charge is 2.29. The Morgan fingerprint density at radius 3 is 2.75 bits per heavy atom. The number of carbonyl (C=O) groups excluding carboxylic acids is 1. The largest absolute Gasteiger partial charge is 0.488 e. The minimum absolute atomic E-state index is 0.178. The maximum atomic E-state index is 12.4. The summed E-state index contributed by atoms with van der Waals surface area (Å²) in [5.74, 6) is 1.79. The molecule has 0 bridgehead atoms. The van der Waals surface area contributed by atoms with Gasteiger partial charge in [0.15, 0.2) is 11.6 Å². The Labute approximate surface area is 186 Å². The van der Waals surface area contributed by atoms with E-state index in [2.05, 4.69) is 25.3 Å². The topological polar surface area (TPSA) is 140 Å². The number of rotatable bonds is 7. The van der Waals surface area contributed by atoms with E-state index in [1.165, 1.54) is 12.4 Å². The van der Waals surface area contributed by atoms with Crippen molar-refractivity contribution in [2.24, 2.45) is 0 Å². The first-order chi connectivity index (χ1) is 15.4. The maximum Gasteiger partial charge on any atom is 0.262 e. The molecule has 0 saturated carbocycles. The number of amides is 1. The molecule has 0 radical (unpaired) electrons. The molecule has 1 unspecified atom stereocenters. The van der Waals surface area contributed by atoms with Crippen molar-refractivity contribution < 1.29 is 23.4 Å². The lowest BCUT2D eigenvalue weighted by Gasteiger charge is -2.26. The van der Waals surface area contributed by atoms with E-state index in [-0.39, 0.29) is 23.3 Å². The summed E-state index contributed by atoms with van der Waals surface area (Å²) in [4.78, 5) is 29.3. The zero-order valence-corrected chi connectivity index (χ0v) is 18.2. The number of carbonyl (C=O) groups is 1. The second-order valence-corrected chi connectivity index (χ2v) is 9.52. The zero-order chi connectivity index (χ0) is 22.6. The van der Waals surface area contributed by atoms with Crippen molar-refractivity contribution in [3.8, 4) is 28.8 Å². The van der Waals surface area contributed by atoms with Gasteiger partial charge in [0.25, 0.3) is 11.8 Å². The monoisotopic (exact) mass is 457 g/mol. The van der Waals surface area contributed by atoms with E-state index in [0.29, 0.717) is 47.5 Å². The summed E-state index contributed by atoms with van der Waals surface area (Å²) in [6.07, 6.45) is 8.12. The molecule has 1 aliphatic heterocycles. The smallest absolute Gasteiger partial charge is 0.262 e. The van der Waals surface area contributed by atoms with Gasteiger partial charge in [-0.3, -0.25) is 18.9 Å². The van der Waals surface area contributed by atoms with E-state index < -0.39 is 10.6 Å². The molecule has 32 heavy (non-hydrogen) atoms. The van der Waals surface area contributed by atoms with E-state index >= 15 is 0 Å². The summed E-state index contributed by atoms with van der Waals surface area (Å²) in [6.45, 7) is 2.36. The van der Waals surface area contributed by atoms with Crippen LogP contribution in [0.4, 0.5) is 0 Å². The zero-order valence-electron chi connectivity index (χ0n) is 17.3. The number of hydrogen-bond acceptors (Lipinski definition) is 9. The molecule has 0 spiro atoms. The summed E-state index contributed by atoms with van der Waals surface area (Å²) in [7, 11) is -2.58. The Hall–Kier alpha value is -3.28. The molecule has 1 aliphatic rings. The maximum absolute atomic E-state index is 12.4. The fourth-order valence-corrected chi connectivity index (χ4v) is 4.95. The Morgan fingerprint density at radius 2 is 2.03 bits per heavy atom. The summed E-state index contributed by atoms with van der Waals surface area (Å²) in [5, 5.41) is 2.79. The molecule has 1 fully saturated rings. The molecular weight excluding hydrogens is 434 g/mol. The van der Waals surface area contributed by atoms with Crippen LogP contribution in [0.15, 0.2) is 49.2 Å². The van der Waals surface area contributed by atoms with Gasteiger partial charge in [0.2, 0.25) is 0 Å². The molecule has 3 aromatic rings. The quantitative estimate of drug-likeness (QED) is 0.487. The molecule has 4 heterocycles. The fraction of sp³-hybridized carbons (Fsp3) is 0.286. The lowest BCUT2D eigenvalue weighted by Crippen LogP contribution is -2.35. The van der Waals surface area contributed by atoms with Gasteiger partial charge in [0.05, 0.1) is 24.1 Å². The highest BCUT2D eigenvalue weighted by Crippen LogP contribution is 2.45. The molecule has 168 valence electrons. The van der Waals surface area contributed by atoms with E-state index in [9.17, 15) is 13.9 Å². The van der Waals surface area contributed by atoms with Crippen molar-refractivity contribution in [1.82, 2.24) is 25.3 Å². The van der Waals surface area contributed by atoms with Crippen LogP contribution in [0, 0.1) is 0 Å². The molecule has 3 aromatic heterocycles. The standard InChI is InChI=1S/C21H23N5O5S/c1-2-30-18-4-3-6-23-21(18)31-17-8-14(9-22-12-17)19-24-10-15(11-25-19)20(27)26-16-5-7-32(28,29)13-16/h3-4,6,8-12,16,28-29H,2,5,7,13H2,1H3,(H,26,27). The number of aromatic nitrogens is 4. The first kappa shape index (κ1) is 21.9. The average molecular weight is 458 g/mol. The van der Waals surface area contributed by atoms with Crippen LogP contribution in [-0.4, -0.2) is 59.1 Å². The Kier molecular flexibility index (Phi) is 6.49. The predicted octanol–water partition coefficient (Wildman–Crippen LogP) is 3.38. The minimum Gasteiger partial charge on any atom is -0.488 e. The van der Waals surface area contributed by atoms with Crippen molar-refractivity contribution >= 4 is 16.5 Å². The van der Waals surface area contributed by atoms with Gasteiger partial charge in [-0.05, 0) is 31.5 Å². The van der Waals surface area contributed by atoms with Crippen LogP contribution in [0.25, 0.3) is 11.4 Å². The summed E-state index contributed by atoms with van der Waals surface area (Å²) in [6, 6.07) is 4.98. The molecule has 0 aromatic carbocycles. The highest BCUT2D eigenvalue weighted by atomic mass is 32.3. The van der Waals surface area contributed by atoms with Gasteiger partial charge in [-0.2, -0.15) is 10.6 Å². The second kappa shape index (κ2) is 9.47. The van der Waals surface area contributed by atoms with Crippen LogP contribution in [-0.2, 0) is 0 Å². The first-order valence-corrected chi connectivity index (χ1v) is 11.9. The van der Waals surface area contributed by atoms with Crippen molar-refractivity contribution in [1.29, 1.82) is 0 Å². The molecule has 1 atom stereocenters. The molecule has 0 aliphatic carbocycles. The Bertz CT molecular complexity index is 1100. The average Bonchev–Trinajstić information content (AvgIpc) is 3.13. The summed E-state index contributed by atoms with van der Waals surface area (Å²) < 4.78 is 30.7. The summed E-state index contributed by atoms with van der Waals surface area (Å²) in [5.41, 5.74) is 0.889. The Morgan fingerprint density at radius 1 is 1.22 bits per heavy atom. The van der Waals surface area contributed by atoms with Crippen LogP contribution in [0.5, 0.6) is 17.4 Å². The number of nitrogens with zero attached hydrogens (tertiary/aromatic N) is 4. The highest BCUT2D eigenvalue weighted by molar-refractivity contribution is 8.24. The number of pyridine rings is 2. The molecule has 3 N–H and O–H groups in total. The van der Waals surface area contributed by atoms with Gasteiger partial charge in [-0.15, -0.1) is 0 Å². The number of hydrogen-bond donors (Lipinski definition) is 3. The number of nitrogens with one attached hydrogen (secondary N) is 1. The van der Waals surface area contributed by atoms with Gasteiger partial charge in [0.1, 0.15) is 5.75 Å². The third kappa shape index (κ3) is 5.31. The van der Waals surface area contributed by atoms with Crippen molar-refractivity contribution in [3.05, 3.63) is 54.7 Å². The molecule has 1 saturated heterocycles. The third-order valence-electron chi connectivity index (χ3n) is 4.73. The van der Waals surface area contributed by atoms with Crippen LogP contribution < -0.4 is 14.8 Å². The number of ether oxygens (including phenoxy) is 2.